The lowest BCUT2D eigenvalue weighted by atomic mass is 9.90. The zero-order chi connectivity index (χ0) is 17.9. The van der Waals surface area contributed by atoms with Crippen molar-refractivity contribution in [3.8, 4) is 11.3 Å². The van der Waals surface area contributed by atoms with Gasteiger partial charge in [0, 0.05) is 49.7 Å². The fourth-order valence-electron chi connectivity index (χ4n) is 3.45. The summed E-state index contributed by atoms with van der Waals surface area (Å²) in [5, 5.41) is 10.6. The predicted octanol–water partition coefficient (Wildman–Crippen LogP) is 3.27. The Bertz CT molecular complexity index is 916. The van der Waals surface area contributed by atoms with Crippen LogP contribution in [0, 0.1) is 5.92 Å². The number of rotatable bonds is 4. The Morgan fingerprint density at radius 1 is 1.18 bits per heavy atom. The Labute approximate surface area is 176 Å². The molecule has 0 radical (unpaired) electrons. The normalized spacial score (nSPS) is 18.0. The molecule has 8 heteroatoms. The van der Waals surface area contributed by atoms with Gasteiger partial charge in [-0.2, -0.15) is 5.10 Å². The average Bonchev–Trinajstić information content (AvgIpc) is 3.31. The number of anilines is 1. The number of amides is 1. The molecule has 1 aromatic carbocycles. The molecule has 2 N–H and O–H groups in total. The van der Waals surface area contributed by atoms with Crippen molar-refractivity contribution in [3.63, 3.8) is 0 Å². The van der Waals surface area contributed by atoms with Crippen molar-refractivity contribution in [2.75, 3.05) is 18.4 Å². The zero-order valence-corrected chi connectivity index (χ0v) is 17.0. The summed E-state index contributed by atoms with van der Waals surface area (Å²) in [5.41, 5.74) is 3.73. The number of benzene rings is 1. The van der Waals surface area contributed by atoms with E-state index in [4.69, 9.17) is 0 Å². The number of carbonyl (C=O) groups excluding carboxylic acids is 1. The first kappa shape index (κ1) is 21.9. The second kappa shape index (κ2) is 9.68. The third-order valence-corrected chi connectivity index (χ3v) is 4.80. The minimum atomic E-state index is -0.118. The van der Waals surface area contributed by atoms with E-state index in [1.807, 2.05) is 61.9 Å². The van der Waals surface area contributed by atoms with Crippen LogP contribution in [0.5, 0.6) is 0 Å². The summed E-state index contributed by atoms with van der Waals surface area (Å²) in [4.78, 5) is 17.3. The first-order chi connectivity index (χ1) is 12.7. The van der Waals surface area contributed by atoms with E-state index >= 15 is 0 Å². The highest BCUT2D eigenvalue weighted by Crippen LogP contribution is 2.29. The molecule has 2 atom stereocenters. The highest BCUT2D eigenvalue weighted by molar-refractivity contribution is 5.94. The van der Waals surface area contributed by atoms with Gasteiger partial charge in [-0.15, -0.1) is 24.8 Å². The lowest BCUT2D eigenvalue weighted by molar-refractivity contribution is -0.119. The van der Waals surface area contributed by atoms with Crippen LogP contribution in [0.15, 0.2) is 61.1 Å². The summed E-state index contributed by atoms with van der Waals surface area (Å²) in [6.45, 7) is 1.46. The van der Waals surface area contributed by atoms with Gasteiger partial charge in [0.05, 0.1) is 17.8 Å². The fourth-order valence-corrected chi connectivity index (χ4v) is 3.45. The zero-order valence-electron chi connectivity index (χ0n) is 15.4. The minimum absolute atomic E-state index is 0. The minimum Gasteiger partial charge on any atom is -0.326 e. The molecular formula is C20H23Cl2N5O. The highest BCUT2D eigenvalue weighted by atomic mass is 35.5. The molecule has 0 aliphatic carbocycles. The van der Waals surface area contributed by atoms with Crippen molar-refractivity contribution >= 4 is 36.4 Å². The fraction of sp³-hybridized carbons (Fsp3) is 0.250. The smallest absolute Gasteiger partial charge is 0.229 e. The second-order valence-corrected chi connectivity index (χ2v) is 6.60. The molecule has 1 aliphatic rings. The van der Waals surface area contributed by atoms with Crippen LogP contribution in [-0.2, 0) is 11.8 Å². The van der Waals surface area contributed by atoms with Gasteiger partial charge in [-0.25, -0.2) is 0 Å². The van der Waals surface area contributed by atoms with E-state index in [0.29, 0.717) is 6.54 Å². The first-order valence-corrected chi connectivity index (χ1v) is 8.72. The summed E-state index contributed by atoms with van der Waals surface area (Å²) in [7, 11) is 1.89. The Kier molecular flexibility index (Phi) is 7.57. The number of aromatic nitrogens is 3. The number of pyridine rings is 1. The Morgan fingerprint density at radius 3 is 2.68 bits per heavy atom. The Morgan fingerprint density at radius 2 is 1.96 bits per heavy atom. The monoisotopic (exact) mass is 419 g/mol. The Balaban J connectivity index is 0.00000140. The van der Waals surface area contributed by atoms with E-state index in [2.05, 4.69) is 20.7 Å². The van der Waals surface area contributed by atoms with Gasteiger partial charge in [0.15, 0.2) is 0 Å². The lowest BCUT2D eigenvalue weighted by Gasteiger charge is -2.17. The average molecular weight is 420 g/mol. The molecule has 0 saturated carbocycles. The number of hydrogen-bond acceptors (Lipinski definition) is 4. The van der Waals surface area contributed by atoms with Crippen LogP contribution in [-0.4, -0.2) is 33.8 Å². The molecule has 3 aromatic rings. The number of carbonyl (C=O) groups is 1. The van der Waals surface area contributed by atoms with E-state index in [0.717, 1.165) is 29.1 Å². The number of hydrogen-bond donors (Lipinski definition) is 2. The third-order valence-electron chi connectivity index (χ3n) is 4.80. The highest BCUT2D eigenvalue weighted by Gasteiger charge is 2.34. The van der Waals surface area contributed by atoms with Gasteiger partial charge in [-0.3, -0.25) is 14.5 Å². The number of nitrogens with one attached hydrogen (secondary N) is 2. The molecule has 0 bridgehead atoms. The molecular weight excluding hydrogens is 397 g/mol. The van der Waals surface area contributed by atoms with Crippen molar-refractivity contribution in [3.05, 3.63) is 66.6 Å². The summed E-state index contributed by atoms with van der Waals surface area (Å²) in [6, 6.07) is 13.7. The Hall–Kier alpha value is -2.41. The second-order valence-electron chi connectivity index (χ2n) is 6.60. The summed E-state index contributed by atoms with van der Waals surface area (Å²) in [5.74, 6) is 0.0423. The van der Waals surface area contributed by atoms with E-state index in [9.17, 15) is 4.79 Å². The van der Waals surface area contributed by atoms with Crippen molar-refractivity contribution in [2.24, 2.45) is 13.0 Å². The van der Waals surface area contributed by atoms with Gasteiger partial charge in [0.1, 0.15) is 0 Å². The van der Waals surface area contributed by atoms with E-state index in [1.54, 1.807) is 10.9 Å². The molecule has 6 nitrogen and oxygen atoms in total. The number of aryl methyl sites for hydroxylation is 1. The van der Waals surface area contributed by atoms with E-state index < -0.39 is 0 Å². The molecule has 1 saturated heterocycles. The van der Waals surface area contributed by atoms with Crippen molar-refractivity contribution in [1.82, 2.24) is 20.1 Å². The summed E-state index contributed by atoms with van der Waals surface area (Å²) >= 11 is 0. The van der Waals surface area contributed by atoms with Crippen molar-refractivity contribution < 1.29 is 4.79 Å². The maximum atomic E-state index is 12.9. The van der Waals surface area contributed by atoms with Gasteiger partial charge in [0.25, 0.3) is 0 Å². The van der Waals surface area contributed by atoms with Crippen LogP contribution in [0.1, 0.15) is 11.5 Å². The molecule has 0 unspecified atom stereocenters. The molecule has 2 aromatic heterocycles. The van der Waals surface area contributed by atoms with Gasteiger partial charge >= 0.3 is 0 Å². The van der Waals surface area contributed by atoms with Gasteiger partial charge in [-0.05, 0) is 17.7 Å². The standard InChI is InChI=1S/C20H21N5O.2ClH/c1-25-13-15(10-23-25)17-11-21-12-18(17)20(26)24-16-7-8-22-19(9-16)14-5-3-2-4-6-14;;/h2-10,13,17-18,21H,11-12H2,1H3,(H,22,24,26);2*1H/t17-,18+;;/m1../s1. The molecule has 1 aliphatic heterocycles. The molecule has 4 rings (SSSR count). The molecule has 28 heavy (non-hydrogen) atoms. The van der Waals surface area contributed by atoms with Crippen molar-refractivity contribution in [2.45, 2.75) is 5.92 Å². The van der Waals surface area contributed by atoms with E-state index in [-0.39, 0.29) is 42.6 Å². The molecule has 1 amide bonds. The summed E-state index contributed by atoms with van der Waals surface area (Å²) < 4.78 is 1.78. The predicted molar refractivity (Wildman–Crippen MR) is 115 cm³/mol. The van der Waals surface area contributed by atoms with Crippen LogP contribution in [0.4, 0.5) is 5.69 Å². The molecule has 148 valence electrons. The van der Waals surface area contributed by atoms with Crippen LogP contribution in [0.25, 0.3) is 11.3 Å². The number of nitrogens with zero attached hydrogens (tertiary/aromatic N) is 3. The molecule has 3 heterocycles. The van der Waals surface area contributed by atoms with Crippen LogP contribution < -0.4 is 10.6 Å². The van der Waals surface area contributed by atoms with Gasteiger partial charge in [-0.1, -0.05) is 30.3 Å². The van der Waals surface area contributed by atoms with Gasteiger partial charge < -0.3 is 10.6 Å². The SMILES string of the molecule is Cl.Cl.Cn1cc([C@H]2CNC[C@@H]2C(=O)Nc2ccnc(-c3ccccc3)c2)cn1. The third kappa shape index (κ3) is 4.70. The maximum Gasteiger partial charge on any atom is 0.229 e. The summed E-state index contributed by atoms with van der Waals surface area (Å²) in [6.07, 6.45) is 5.55. The maximum absolute atomic E-state index is 12.9. The van der Waals surface area contributed by atoms with Crippen LogP contribution in [0.3, 0.4) is 0 Å². The molecule has 1 fully saturated rings. The largest absolute Gasteiger partial charge is 0.326 e. The first-order valence-electron chi connectivity index (χ1n) is 8.72. The van der Waals surface area contributed by atoms with Crippen LogP contribution in [0.2, 0.25) is 0 Å². The molecule has 0 spiro atoms. The number of halogens is 2. The van der Waals surface area contributed by atoms with Crippen LogP contribution >= 0.6 is 24.8 Å². The van der Waals surface area contributed by atoms with E-state index in [1.165, 1.54) is 0 Å². The lowest BCUT2D eigenvalue weighted by Crippen LogP contribution is -2.28. The van der Waals surface area contributed by atoms with Gasteiger partial charge in [0.2, 0.25) is 5.91 Å². The topological polar surface area (TPSA) is 71.8 Å². The van der Waals surface area contributed by atoms with Crippen molar-refractivity contribution in [1.29, 1.82) is 0 Å². The quantitative estimate of drug-likeness (QED) is 0.680.